The van der Waals surface area contributed by atoms with E-state index in [1.165, 1.54) is 20.8 Å². The fourth-order valence-corrected chi connectivity index (χ4v) is 3.51. The molecule has 8 nitrogen and oxygen atoms in total. The summed E-state index contributed by atoms with van der Waals surface area (Å²) in [5.74, 6) is -5.04. The minimum Gasteiger partial charge on any atom is -0.505 e. The van der Waals surface area contributed by atoms with Crippen molar-refractivity contribution in [1.29, 1.82) is 0 Å². The van der Waals surface area contributed by atoms with Gasteiger partial charge in [0.05, 0.1) is 11.9 Å². The smallest absolute Gasteiger partial charge is 0.505 e. The van der Waals surface area contributed by atoms with Crippen LogP contribution in [0.2, 0.25) is 0 Å². The van der Waals surface area contributed by atoms with Gasteiger partial charge in [0.1, 0.15) is 11.3 Å². The van der Waals surface area contributed by atoms with Crippen LogP contribution in [0.25, 0.3) is 10.9 Å². The van der Waals surface area contributed by atoms with Crippen molar-refractivity contribution in [3.05, 3.63) is 59.0 Å². The Hall–Kier alpha value is -4.09. The van der Waals surface area contributed by atoms with Crippen molar-refractivity contribution >= 4 is 28.7 Å². The number of nitrogens with one attached hydrogen (secondary N) is 1. The molecule has 186 valence electrons. The minimum atomic E-state index is -4.91. The lowest BCUT2D eigenvalue weighted by Crippen LogP contribution is -2.50. The van der Waals surface area contributed by atoms with Crippen LogP contribution in [0.1, 0.15) is 35.5 Å². The lowest BCUT2D eigenvalue weighted by Gasteiger charge is -2.21. The topological polar surface area (TPSA) is 118 Å². The number of alkyl halides is 3. The maximum absolute atomic E-state index is 14.2. The van der Waals surface area contributed by atoms with Gasteiger partial charge in [-0.15, -0.1) is 13.2 Å². The van der Waals surface area contributed by atoms with Gasteiger partial charge in [-0.3, -0.25) is 14.2 Å². The summed E-state index contributed by atoms with van der Waals surface area (Å²) in [5, 5.41) is 21.6. The SMILES string of the molecule is Cc1c(CC(=O)NC(C)(C)C(=O)O)c2cc(O)c(F)cc2n1C(=O)c1ccc(OC(F)(F)F)cc1. The highest BCUT2D eigenvalue weighted by atomic mass is 19.4. The number of carboxylic acids is 1. The van der Waals surface area contributed by atoms with E-state index in [0.29, 0.717) is 0 Å². The second-order valence-electron chi connectivity index (χ2n) is 8.25. The van der Waals surface area contributed by atoms with E-state index in [1.54, 1.807) is 0 Å². The molecule has 0 saturated carbocycles. The van der Waals surface area contributed by atoms with Gasteiger partial charge < -0.3 is 20.3 Å². The largest absolute Gasteiger partial charge is 0.573 e. The first kappa shape index (κ1) is 25.5. The summed E-state index contributed by atoms with van der Waals surface area (Å²) in [7, 11) is 0. The molecule has 0 saturated heterocycles. The number of hydrogen-bond donors (Lipinski definition) is 3. The second-order valence-corrected chi connectivity index (χ2v) is 8.25. The Morgan fingerprint density at radius 1 is 1.09 bits per heavy atom. The first-order valence-corrected chi connectivity index (χ1v) is 10.1. The molecule has 3 rings (SSSR count). The molecule has 35 heavy (non-hydrogen) atoms. The van der Waals surface area contributed by atoms with Crippen LogP contribution in [0.5, 0.6) is 11.5 Å². The number of aromatic nitrogens is 1. The number of carbonyl (C=O) groups excluding carboxylic acids is 2. The second kappa shape index (κ2) is 8.93. The number of benzene rings is 2. The molecule has 0 aliphatic heterocycles. The number of phenols is 1. The average molecular weight is 496 g/mol. The van der Waals surface area contributed by atoms with E-state index in [9.17, 15) is 42.2 Å². The molecule has 12 heteroatoms. The van der Waals surface area contributed by atoms with Gasteiger partial charge in [-0.2, -0.15) is 0 Å². The van der Waals surface area contributed by atoms with Gasteiger partial charge in [0.15, 0.2) is 11.6 Å². The van der Waals surface area contributed by atoms with Crippen molar-refractivity contribution in [3.63, 3.8) is 0 Å². The summed E-state index contributed by atoms with van der Waals surface area (Å²) in [6.45, 7) is 4.01. The third kappa shape index (κ3) is 5.36. The Bertz CT molecular complexity index is 1330. The van der Waals surface area contributed by atoms with Crippen molar-refractivity contribution in [2.75, 3.05) is 0 Å². The predicted octanol–water partition coefficient (Wildman–Crippen LogP) is 3.90. The van der Waals surface area contributed by atoms with Crippen LogP contribution in [0.15, 0.2) is 36.4 Å². The van der Waals surface area contributed by atoms with Crippen molar-refractivity contribution < 1.29 is 46.9 Å². The molecule has 0 aliphatic carbocycles. The van der Waals surface area contributed by atoms with Gasteiger partial charge in [-0.25, -0.2) is 9.18 Å². The number of halogens is 4. The Morgan fingerprint density at radius 3 is 2.23 bits per heavy atom. The Morgan fingerprint density at radius 2 is 1.69 bits per heavy atom. The standard InChI is InChI=1S/C23H20F4N2O6/c1-11-14(9-19(31)28-22(2,3)21(33)34)15-8-18(30)16(24)10-17(15)29(11)20(32)12-4-6-13(7-5-12)35-23(25,26)27/h4-8,10,30H,9H2,1-3H3,(H,28,31)(H,33,34). The summed E-state index contributed by atoms with van der Waals surface area (Å²) < 4.78 is 56.2. The number of nitrogens with zero attached hydrogens (tertiary/aromatic N) is 1. The van der Waals surface area contributed by atoms with Crippen molar-refractivity contribution in [2.45, 2.75) is 39.1 Å². The van der Waals surface area contributed by atoms with Gasteiger partial charge in [0, 0.05) is 22.7 Å². The fraction of sp³-hybridized carbons (Fsp3) is 0.261. The molecule has 0 radical (unpaired) electrons. The van der Waals surface area contributed by atoms with E-state index in [0.717, 1.165) is 41.0 Å². The zero-order valence-electron chi connectivity index (χ0n) is 18.7. The summed E-state index contributed by atoms with van der Waals surface area (Å²) in [5.41, 5.74) is -1.24. The van der Waals surface area contributed by atoms with E-state index in [2.05, 4.69) is 10.1 Å². The molecule has 1 heterocycles. The number of aliphatic carboxylic acids is 1. The molecule has 0 unspecified atom stereocenters. The maximum atomic E-state index is 14.2. The monoisotopic (exact) mass is 496 g/mol. The number of rotatable bonds is 6. The highest BCUT2D eigenvalue weighted by Crippen LogP contribution is 2.32. The quantitative estimate of drug-likeness (QED) is 0.446. The number of fused-ring (bicyclic) bond motifs is 1. The van der Waals surface area contributed by atoms with Crippen LogP contribution in [-0.4, -0.2) is 44.5 Å². The van der Waals surface area contributed by atoms with Crippen molar-refractivity contribution in [2.24, 2.45) is 0 Å². The minimum absolute atomic E-state index is 0.00119. The third-order valence-electron chi connectivity index (χ3n) is 5.27. The molecule has 0 spiro atoms. The molecule has 2 aromatic carbocycles. The lowest BCUT2D eigenvalue weighted by atomic mass is 10.0. The summed E-state index contributed by atoms with van der Waals surface area (Å²) in [4.78, 5) is 37.1. The number of carboxylic acid groups (broad SMARTS) is 1. The Kier molecular flexibility index (Phi) is 6.51. The van der Waals surface area contributed by atoms with Crippen LogP contribution in [0, 0.1) is 12.7 Å². The molecule has 3 N–H and O–H groups in total. The van der Waals surface area contributed by atoms with E-state index >= 15 is 0 Å². The van der Waals surface area contributed by atoms with Crippen LogP contribution in [0.4, 0.5) is 17.6 Å². The van der Waals surface area contributed by atoms with Crippen LogP contribution in [-0.2, 0) is 16.0 Å². The number of amides is 1. The number of hydrogen-bond acceptors (Lipinski definition) is 5. The zero-order chi connectivity index (χ0) is 26.3. The Labute approximate surface area is 195 Å². The lowest BCUT2D eigenvalue weighted by molar-refractivity contribution is -0.274. The first-order valence-electron chi connectivity index (χ1n) is 10.1. The summed E-state index contributed by atoms with van der Waals surface area (Å²) in [6.07, 6.45) is -5.31. The zero-order valence-corrected chi connectivity index (χ0v) is 18.7. The van der Waals surface area contributed by atoms with Crippen molar-refractivity contribution in [3.8, 4) is 11.5 Å². The molecule has 0 bridgehead atoms. The molecule has 1 aromatic heterocycles. The third-order valence-corrected chi connectivity index (χ3v) is 5.27. The average Bonchev–Trinajstić information content (AvgIpc) is 2.97. The van der Waals surface area contributed by atoms with Gasteiger partial charge >= 0.3 is 12.3 Å². The normalized spacial score (nSPS) is 12.0. The predicted molar refractivity (Wildman–Crippen MR) is 115 cm³/mol. The molecular formula is C23H20F4N2O6. The van der Waals surface area contributed by atoms with E-state index in [-0.39, 0.29) is 27.7 Å². The Balaban J connectivity index is 2.05. The van der Waals surface area contributed by atoms with Crippen LogP contribution >= 0.6 is 0 Å². The van der Waals surface area contributed by atoms with E-state index in [4.69, 9.17) is 0 Å². The molecule has 0 fully saturated rings. The van der Waals surface area contributed by atoms with Gasteiger partial charge in [-0.1, -0.05) is 0 Å². The molecule has 3 aromatic rings. The molecule has 1 amide bonds. The molecule has 0 atom stereocenters. The highest BCUT2D eigenvalue weighted by Gasteiger charge is 2.32. The molecule has 0 aliphatic rings. The first-order chi connectivity index (χ1) is 16.1. The van der Waals surface area contributed by atoms with Gasteiger partial charge in [0.2, 0.25) is 5.91 Å². The van der Waals surface area contributed by atoms with Gasteiger partial charge in [0.25, 0.3) is 5.91 Å². The summed E-state index contributed by atoms with van der Waals surface area (Å²) in [6, 6.07) is 5.99. The number of carbonyl (C=O) groups is 3. The molecular weight excluding hydrogens is 476 g/mol. The maximum Gasteiger partial charge on any atom is 0.573 e. The number of ether oxygens (including phenoxy) is 1. The number of aromatic hydroxyl groups is 1. The summed E-state index contributed by atoms with van der Waals surface area (Å²) >= 11 is 0. The highest BCUT2D eigenvalue weighted by molar-refractivity contribution is 6.05. The van der Waals surface area contributed by atoms with Gasteiger partial charge in [-0.05, 0) is 56.7 Å². The van der Waals surface area contributed by atoms with Crippen molar-refractivity contribution in [1.82, 2.24) is 9.88 Å². The van der Waals surface area contributed by atoms with E-state index in [1.807, 2.05) is 0 Å². The van der Waals surface area contributed by atoms with Crippen LogP contribution in [0.3, 0.4) is 0 Å². The fourth-order valence-electron chi connectivity index (χ4n) is 3.51. The van der Waals surface area contributed by atoms with Crippen LogP contribution < -0.4 is 10.1 Å². The van der Waals surface area contributed by atoms with E-state index < -0.39 is 53.4 Å². The number of phenolic OH excluding ortho intramolecular Hbond substituents is 1.